The molecular weight excluding hydrogens is 216 g/mol. The summed E-state index contributed by atoms with van der Waals surface area (Å²) >= 11 is 0. The van der Waals surface area contributed by atoms with Gasteiger partial charge in [0.1, 0.15) is 0 Å². The van der Waals surface area contributed by atoms with E-state index in [4.69, 9.17) is 0 Å². The first-order valence-electron chi connectivity index (χ1n) is 6.48. The summed E-state index contributed by atoms with van der Waals surface area (Å²) in [6, 6.07) is 0.141. The monoisotopic (exact) mass is 240 g/mol. The van der Waals surface area contributed by atoms with E-state index in [9.17, 15) is 9.59 Å². The standard InChI is InChI=1S/C13H24N2O2/c1-9(2)5-6-15-8-11(7-12(15)16)13(17)14-10(3)4/h9-11H,5-8H2,1-4H3,(H,14,17)/t11-/m1/s1. The summed E-state index contributed by atoms with van der Waals surface area (Å²) in [5.41, 5.74) is 0. The maximum atomic E-state index is 11.8. The highest BCUT2D eigenvalue weighted by Crippen LogP contribution is 2.19. The van der Waals surface area contributed by atoms with Gasteiger partial charge in [-0.15, -0.1) is 0 Å². The van der Waals surface area contributed by atoms with E-state index in [2.05, 4.69) is 19.2 Å². The van der Waals surface area contributed by atoms with E-state index >= 15 is 0 Å². The highest BCUT2D eigenvalue weighted by Gasteiger charge is 2.33. The van der Waals surface area contributed by atoms with Gasteiger partial charge in [-0.25, -0.2) is 0 Å². The van der Waals surface area contributed by atoms with Crippen molar-refractivity contribution in [2.75, 3.05) is 13.1 Å². The lowest BCUT2D eigenvalue weighted by molar-refractivity contribution is -0.129. The van der Waals surface area contributed by atoms with Gasteiger partial charge in [0.05, 0.1) is 5.92 Å². The van der Waals surface area contributed by atoms with Gasteiger partial charge in [0, 0.05) is 25.6 Å². The van der Waals surface area contributed by atoms with Crippen LogP contribution in [0.5, 0.6) is 0 Å². The molecule has 1 aliphatic heterocycles. The third kappa shape index (κ3) is 4.36. The van der Waals surface area contributed by atoms with E-state index in [1.165, 1.54) is 0 Å². The number of hydrogen-bond acceptors (Lipinski definition) is 2. The fourth-order valence-corrected chi connectivity index (χ4v) is 1.98. The molecule has 1 N–H and O–H groups in total. The van der Waals surface area contributed by atoms with Gasteiger partial charge < -0.3 is 10.2 Å². The normalized spacial score (nSPS) is 20.5. The predicted molar refractivity (Wildman–Crippen MR) is 67.4 cm³/mol. The van der Waals surface area contributed by atoms with Crippen LogP contribution in [0.4, 0.5) is 0 Å². The Morgan fingerprint density at radius 2 is 2.06 bits per heavy atom. The van der Waals surface area contributed by atoms with Crippen molar-refractivity contribution in [2.45, 2.75) is 46.6 Å². The molecule has 0 aromatic heterocycles. The molecule has 0 bridgehead atoms. The van der Waals surface area contributed by atoms with E-state index in [-0.39, 0.29) is 23.8 Å². The first kappa shape index (κ1) is 14.0. The first-order valence-corrected chi connectivity index (χ1v) is 6.48. The molecule has 0 saturated carbocycles. The molecule has 4 nitrogen and oxygen atoms in total. The summed E-state index contributed by atoms with van der Waals surface area (Å²) in [6.45, 7) is 9.52. The van der Waals surface area contributed by atoms with Crippen LogP contribution in [0.2, 0.25) is 0 Å². The molecule has 1 aliphatic rings. The zero-order valence-corrected chi connectivity index (χ0v) is 11.3. The molecule has 1 rings (SSSR count). The van der Waals surface area contributed by atoms with Gasteiger partial charge in [-0.05, 0) is 26.2 Å². The number of rotatable bonds is 5. The Bertz CT molecular complexity index is 287. The van der Waals surface area contributed by atoms with Crippen LogP contribution in [0.1, 0.15) is 40.5 Å². The Kier molecular flexibility index (Phi) is 4.97. The third-order valence-electron chi connectivity index (χ3n) is 2.99. The second kappa shape index (κ2) is 6.03. The number of hydrogen-bond donors (Lipinski definition) is 1. The van der Waals surface area contributed by atoms with Crippen LogP contribution < -0.4 is 5.32 Å². The molecule has 98 valence electrons. The third-order valence-corrected chi connectivity index (χ3v) is 2.99. The van der Waals surface area contributed by atoms with Crippen LogP contribution in [0.15, 0.2) is 0 Å². The smallest absolute Gasteiger partial charge is 0.225 e. The van der Waals surface area contributed by atoms with Gasteiger partial charge >= 0.3 is 0 Å². The number of carbonyl (C=O) groups is 2. The summed E-state index contributed by atoms with van der Waals surface area (Å²) in [4.78, 5) is 25.4. The molecule has 4 heteroatoms. The molecule has 0 aliphatic carbocycles. The molecule has 1 atom stereocenters. The Labute approximate surface area is 104 Å². The van der Waals surface area contributed by atoms with Gasteiger partial charge in [0.25, 0.3) is 0 Å². The molecule has 2 amide bonds. The fraction of sp³-hybridized carbons (Fsp3) is 0.846. The number of likely N-dealkylation sites (tertiary alicyclic amines) is 1. The van der Waals surface area contributed by atoms with Gasteiger partial charge in [0.15, 0.2) is 0 Å². The predicted octanol–water partition coefficient (Wildman–Crippen LogP) is 1.41. The molecule has 0 radical (unpaired) electrons. The fourth-order valence-electron chi connectivity index (χ4n) is 1.98. The summed E-state index contributed by atoms with van der Waals surface area (Å²) in [7, 11) is 0. The minimum Gasteiger partial charge on any atom is -0.354 e. The minimum atomic E-state index is -0.155. The number of nitrogens with one attached hydrogen (secondary N) is 1. The van der Waals surface area contributed by atoms with Gasteiger partial charge in [0.2, 0.25) is 11.8 Å². The van der Waals surface area contributed by atoms with E-state index in [1.54, 1.807) is 0 Å². The number of carbonyl (C=O) groups excluding carboxylic acids is 2. The van der Waals surface area contributed by atoms with Crippen molar-refractivity contribution in [2.24, 2.45) is 11.8 Å². The quantitative estimate of drug-likeness (QED) is 0.790. The van der Waals surface area contributed by atoms with Crippen molar-refractivity contribution in [3.63, 3.8) is 0 Å². The lowest BCUT2D eigenvalue weighted by atomic mass is 10.1. The molecule has 0 unspecified atom stereocenters. The van der Waals surface area contributed by atoms with Crippen molar-refractivity contribution in [1.82, 2.24) is 10.2 Å². The summed E-state index contributed by atoms with van der Waals surface area (Å²) in [6.07, 6.45) is 1.38. The summed E-state index contributed by atoms with van der Waals surface area (Å²) in [5, 5.41) is 2.87. The van der Waals surface area contributed by atoms with E-state index < -0.39 is 0 Å². The Balaban J connectivity index is 2.43. The Morgan fingerprint density at radius 3 is 2.59 bits per heavy atom. The van der Waals surface area contributed by atoms with Crippen molar-refractivity contribution in [3.8, 4) is 0 Å². The van der Waals surface area contributed by atoms with Gasteiger partial charge in [-0.2, -0.15) is 0 Å². The van der Waals surface area contributed by atoms with Crippen LogP contribution >= 0.6 is 0 Å². The molecule has 1 fully saturated rings. The van der Waals surface area contributed by atoms with Crippen LogP contribution in [0.3, 0.4) is 0 Å². The highest BCUT2D eigenvalue weighted by molar-refractivity contribution is 5.89. The molecule has 17 heavy (non-hydrogen) atoms. The second-order valence-electron chi connectivity index (χ2n) is 5.59. The minimum absolute atomic E-state index is 0.0143. The second-order valence-corrected chi connectivity index (χ2v) is 5.59. The van der Waals surface area contributed by atoms with Crippen molar-refractivity contribution >= 4 is 11.8 Å². The maximum absolute atomic E-state index is 11.8. The molecule has 0 aromatic carbocycles. The van der Waals surface area contributed by atoms with Crippen molar-refractivity contribution in [3.05, 3.63) is 0 Å². The lowest BCUT2D eigenvalue weighted by Gasteiger charge is -2.18. The average Bonchev–Trinajstić information content (AvgIpc) is 2.56. The van der Waals surface area contributed by atoms with Crippen LogP contribution in [0.25, 0.3) is 0 Å². The average molecular weight is 240 g/mol. The number of amides is 2. The van der Waals surface area contributed by atoms with Crippen LogP contribution in [-0.4, -0.2) is 35.8 Å². The SMILES string of the molecule is CC(C)CCN1C[C@H](C(=O)NC(C)C)CC1=O. The molecule has 1 heterocycles. The molecular formula is C13H24N2O2. The van der Waals surface area contributed by atoms with Gasteiger partial charge in [-0.3, -0.25) is 9.59 Å². The lowest BCUT2D eigenvalue weighted by Crippen LogP contribution is -2.37. The zero-order valence-electron chi connectivity index (χ0n) is 11.3. The van der Waals surface area contributed by atoms with Gasteiger partial charge in [-0.1, -0.05) is 13.8 Å². The van der Waals surface area contributed by atoms with Crippen LogP contribution in [0, 0.1) is 11.8 Å². The Morgan fingerprint density at radius 1 is 1.41 bits per heavy atom. The maximum Gasteiger partial charge on any atom is 0.225 e. The van der Waals surface area contributed by atoms with E-state index in [1.807, 2.05) is 18.7 Å². The van der Waals surface area contributed by atoms with E-state index in [0.717, 1.165) is 13.0 Å². The van der Waals surface area contributed by atoms with Crippen molar-refractivity contribution in [1.29, 1.82) is 0 Å². The first-order chi connectivity index (χ1) is 7.90. The largest absolute Gasteiger partial charge is 0.354 e. The van der Waals surface area contributed by atoms with Crippen LogP contribution in [-0.2, 0) is 9.59 Å². The molecule has 1 saturated heterocycles. The summed E-state index contributed by atoms with van der Waals surface area (Å²) < 4.78 is 0. The van der Waals surface area contributed by atoms with Crippen molar-refractivity contribution < 1.29 is 9.59 Å². The topological polar surface area (TPSA) is 49.4 Å². The zero-order chi connectivity index (χ0) is 13.0. The number of nitrogens with zero attached hydrogens (tertiary/aromatic N) is 1. The molecule has 0 aromatic rings. The Hall–Kier alpha value is -1.06. The van der Waals surface area contributed by atoms with E-state index in [0.29, 0.717) is 18.9 Å². The summed E-state index contributed by atoms with van der Waals surface area (Å²) in [5.74, 6) is 0.568. The highest BCUT2D eigenvalue weighted by atomic mass is 16.2. The molecule has 0 spiro atoms.